The highest BCUT2D eigenvalue weighted by Crippen LogP contribution is 2.28. The minimum absolute atomic E-state index is 0.0301. The first kappa shape index (κ1) is 12.5. The van der Waals surface area contributed by atoms with Crippen molar-refractivity contribution in [3.63, 3.8) is 0 Å². The van der Waals surface area contributed by atoms with E-state index in [1.54, 1.807) is 0 Å². The Hall–Kier alpha value is -0.570. The molecular weight excluding hydrogens is 188 g/mol. The Kier molecular flexibility index (Phi) is 4.14. The van der Waals surface area contributed by atoms with Gasteiger partial charge in [0.05, 0.1) is 0 Å². The molecule has 2 N–H and O–H groups in total. The second-order valence-electron chi connectivity index (χ2n) is 5.46. The lowest BCUT2D eigenvalue weighted by atomic mass is 9.84. The van der Waals surface area contributed by atoms with Crippen molar-refractivity contribution in [2.24, 2.45) is 11.1 Å². The molecule has 1 heterocycles. The molecule has 15 heavy (non-hydrogen) atoms. The maximum atomic E-state index is 11.9. The van der Waals surface area contributed by atoms with Crippen molar-refractivity contribution in [3.05, 3.63) is 0 Å². The van der Waals surface area contributed by atoms with Gasteiger partial charge >= 0.3 is 0 Å². The van der Waals surface area contributed by atoms with Gasteiger partial charge in [-0.05, 0) is 24.7 Å². The van der Waals surface area contributed by atoms with Gasteiger partial charge < -0.3 is 10.6 Å². The summed E-state index contributed by atoms with van der Waals surface area (Å²) in [5.74, 6) is 0.233. The summed E-state index contributed by atoms with van der Waals surface area (Å²) in [6.07, 6.45) is 3.73. The third kappa shape index (κ3) is 3.82. The number of amides is 1. The van der Waals surface area contributed by atoms with E-state index in [0.29, 0.717) is 6.42 Å². The van der Waals surface area contributed by atoms with Gasteiger partial charge in [0.1, 0.15) is 0 Å². The number of carbonyl (C=O) groups excluding carboxylic acids is 1. The normalized spacial score (nSPS) is 22.5. The van der Waals surface area contributed by atoms with E-state index in [1.807, 2.05) is 11.8 Å². The van der Waals surface area contributed by atoms with Gasteiger partial charge in [0, 0.05) is 25.6 Å². The molecule has 1 fully saturated rings. The molecule has 0 aromatic carbocycles. The minimum Gasteiger partial charge on any atom is -0.342 e. The molecule has 1 rings (SSSR count). The summed E-state index contributed by atoms with van der Waals surface area (Å²) in [5, 5.41) is 0. The van der Waals surface area contributed by atoms with Crippen molar-refractivity contribution in [1.82, 2.24) is 4.90 Å². The zero-order valence-electron chi connectivity index (χ0n) is 10.3. The smallest absolute Gasteiger partial charge is 0.224 e. The van der Waals surface area contributed by atoms with Crippen LogP contribution in [0.25, 0.3) is 0 Å². The van der Waals surface area contributed by atoms with Crippen molar-refractivity contribution in [2.45, 2.75) is 52.5 Å². The molecular formula is C12H24N2O. The van der Waals surface area contributed by atoms with Crippen LogP contribution in [0.5, 0.6) is 0 Å². The lowest BCUT2D eigenvalue weighted by Crippen LogP contribution is -2.45. The van der Waals surface area contributed by atoms with E-state index in [0.717, 1.165) is 25.9 Å². The average molecular weight is 212 g/mol. The van der Waals surface area contributed by atoms with E-state index in [2.05, 4.69) is 13.8 Å². The Morgan fingerprint density at radius 2 is 2.20 bits per heavy atom. The maximum absolute atomic E-state index is 11.9. The highest BCUT2D eigenvalue weighted by Gasteiger charge is 2.29. The van der Waals surface area contributed by atoms with Gasteiger partial charge in [-0.15, -0.1) is 0 Å². The van der Waals surface area contributed by atoms with Gasteiger partial charge in [-0.25, -0.2) is 0 Å². The zero-order chi connectivity index (χ0) is 11.5. The second kappa shape index (κ2) is 4.97. The number of hydrogen-bond acceptors (Lipinski definition) is 2. The molecule has 0 aliphatic carbocycles. The molecule has 1 atom stereocenters. The van der Waals surface area contributed by atoms with E-state index in [4.69, 9.17) is 5.73 Å². The number of likely N-dealkylation sites (tertiary alicyclic amines) is 1. The Bertz CT molecular complexity index is 226. The van der Waals surface area contributed by atoms with Crippen LogP contribution in [0.3, 0.4) is 0 Å². The molecule has 0 bridgehead atoms. The first-order valence-corrected chi connectivity index (χ1v) is 5.98. The highest BCUT2D eigenvalue weighted by molar-refractivity contribution is 5.77. The molecule has 0 spiro atoms. The van der Waals surface area contributed by atoms with E-state index < -0.39 is 0 Å². The Morgan fingerprint density at radius 1 is 1.53 bits per heavy atom. The molecule has 1 amide bonds. The average Bonchev–Trinajstić information content (AvgIpc) is 2.16. The number of rotatable bonds is 3. The number of piperidine rings is 1. The quantitative estimate of drug-likeness (QED) is 0.775. The van der Waals surface area contributed by atoms with Crippen LogP contribution in [-0.2, 0) is 4.79 Å². The molecule has 0 radical (unpaired) electrons. The summed E-state index contributed by atoms with van der Waals surface area (Å²) in [7, 11) is 0. The molecule has 0 aromatic rings. The van der Waals surface area contributed by atoms with Crippen LogP contribution < -0.4 is 5.73 Å². The van der Waals surface area contributed by atoms with Crippen molar-refractivity contribution in [2.75, 3.05) is 13.1 Å². The van der Waals surface area contributed by atoms with Crippen molar-refractivity contribution in [3.8, 4) is 0 Å². The maximum Gasteiger partial charge on any atom is 0.224 e. The number of nitrogens with two attached hydrogens (primary N) is 1. The molecule has 0 aromatic heterocycles. The highest BCUT2D eigenvalue weighted by atomic mass is 16.2. The third-order valence-corrected chi connectivity index (χ3v) is 3.21. The SMILES string of the molecule is CCC(N)CC(=O)N1CCCC(C)(C)C1. The fourth-order valence-electron chi connectivity index (χ4n) is 2.13. The van der Waals surface area contributed by atoms with E-state index in [9.17, 15) is 4.79 Å². The molecule has 1 aliphatic rings. The van der Waals surface area contributed by atoms with Crippen LogP contribution >= 0.6 is 0 Å². The molecule has 1 aliphatic heterocycles. The molecule has 88 valence electrons. The van der Waals surface area contributed by atoms with Gasteiger partial charge in [-0.1, -0.05) is 20.8 Å². The third-order valence-electron chi connectivity index (χ3n) is 3.21. The van der Waals surface area contributed by atoms with Gasteiger partial charge in [-0.3, -0.25) is 4.79 Å². The molecule has 3 nitrogen and oxygen atoms in total. The summed E-state index contributed by atoms with van der Waals surface area (Å²) >= 11 is 0. The van der Waals surface area contributed by atoms with Crippen LogP contribution in [0.2, 0.25) is 0 Å². The summed E-state index contributed by atoms with van der Waals surface area (Å²) in [6.45, 7) is 8.29. The zero-order valence-corrected chi connectivity index (χ0v) is 10.3. The summed E-state index contributed by atoms with van der Waals surface area (Å²) in [5.41, 5.74) is 6.08. The monoisotopic (exact) mass is 212 g/mol. The van der Waals surface area contributed by atoms with E-state index >= 15 is 0 Å². The van der Waals surface area contributed by atoms with Crippen molar-refractivity contribution >= 4 is 5.91 Å². The van der Waals surface area contributed by atoms with Crippen molar-refractivity contribution in [1.29, 1.82) is 0 Å². The molecule has 0 saturated carbocycles. The van der Waals surface area contributed by atoms with Crippen LogP contribution in [0.1, 0.15) is 46.5 Å². The van der Waals surface area contributed by atoms with Crippen LogP contribution in [0, 0.1) is 5.41 Å². The van der Waals surface area contributed by atoms with Crippen LogP contribution in [-0.4, -0.2) is 29.9 Å². The van der Waals surface area contributed by atoms with Crippen molar-refractivity contribution < 1.29 is 4.79 Å². The second-order valence-corrected chi connectivity index (χ2v) is 5.46. The number of nitrogens with zero attached hydrogens (tertiary/aromatic N) is 1. The van der Waals surface area contributed by atoms with Gasteiger partial charge in [-0.2, -0.15) is 0 Å². The first-order valence-electron chi connectivity index (χ1n) is 5.98. The lowest BCUT2D eigenvalue weighted by molar-refractivity contribution is -0.134. The Morgan fingerprint density at radius 3 is 2.73 bits per heavy atom. The molecule has 1 saturated heterocycles. The molecule has 1 unspecified atom stereocenters. The summed E-state index contributed by atoms with van der Waals surface area (Å²) < 4.78 is 0. The topological polar surface area (TPSA) is 46.3 Å². The standard InChI is InChI=1S/C12H24N2O/c1-4-10(13)8-11(15)14-7-5-6-12(2,3)9-14/h10H,4-9,13H2,1-3H3. The van der Waals surface area contributed by atoms with Crippen LogP contribution in [0.4, 0.5) is 0 Å². The van der Waals surface area contributed by atoms with E-state index in [-0.39, 0.29) is 17.4 Å². The van der Waals surface area contributed by atoms with Gasteiger partial charge in [0.25, 0.3) is 0 Å². The minimum atomic E-state index is 0.0301. The van der Waals surface area contributed by atoms with Crippen LogP contribution in [0.15, 0.2) is 0 Å². The van der Waals surface area contributed by atoms with E-state index in [1.165, 1.54) is 6.42 Å². The Balaban J connectivity index is 2.46. The predicted molar refractivity (Wildman–Crippen MR) is 62.5 cm³/mol. The number of carbonyl (C=O) groups is 1. The predicted octanol–water partition coefficient (Wildman–Crippen LogP) is 1.76. The first-order chi connectivity index (χ1) is 6.94. The van der Waals surface area contributed by atoms with Gasteiger partial charge in [0.15, 0.2) is 0 Å². The fraction of sp³-hybridized carbons (Fsp3) is 0.917. The fourth-order valence-corrected chi connectivity index (χ4v) is 2.13. The largest absolute Gasteiger partial charge is 0.342 e. The summed E-state index contributed by atoms with van der Waals surface area (Å²) in [6, 6.07) is 0.0301. The Labute approximate surface area is 93.0 Å². The van der Waals surface area contributed by atoms with Gasteiger partial charge in [0.2, 0.25) is 5.91 Å². The number of hydrogen-bond donors (Lipinski definition) is 1. The summed E-state index contributed by atoms with van der Waals surface area (Å²) in [4.78, 5) is 13.9. The molecule has 3 heteroatoms. The lowest BCUT2D eigenvalue weighted by Gasteiger charge is -2.38.